The lowest BCUT2D eigenvalue weighted by atomic mass is 10.0. The number of hydrogen-bond donors (Lipinski definition) is 1. The first-order valence-corrected chi connectivity index (χ1v) is 7.54. The maximum absolute atomic E-state index is 3.60. The largest absolute Gasteiger partial charge is 0.383 e. The van der Waals surface area contributed by atoms with Gasteiger partial charge in [0.05, 0.1) is 0 Å². The molecule has 0 amide bonds. The molecule has 0 aromatic heterocycles. The Morgan fingerprint density at radius 2 is 1.55 bits per heavy atom. The van der Waals surface area contributed by atoms with Gasteiger partial charge in [-0.15, -0.1) is 0 Å². The van der Waals surface area contributed by atoms with Crippen LogP contribution in [-0.4, -0.2) is 31.1 Å². The topological polar surface area (TPSA) is 15.3 Å². The summed E-state index contributed by atoms with van der Waals surface area (Å²) in [6, 6.07) is 19.2. The van der Waals surface area contributed by atoms with Crippen LogP contribution in [0.4, 0.5) is 5.69 Å². The molecule has 0 bridgehead atoms. The van der Waals surface area contributed by atoms with E-state index < -0.39 is 0 Å². The fourth-order valence-electron chi connectivity index (χ4n) is 2.86. The van der Waals surface area contributed by atoms with Crippen LogP contribution < -0.4 is 5.32 Å². The molecule has 1 N–H and O–H groups in total. The van der Waals surface area contributed by atoms with E-state index in [0.717, 1.165) is 13.1 Å². The van der Waals surface area contributed by atoms with Gasteiger partial charge in [-0.3, -0.25) is 0 Å². The average molecular weight is 266 g/mol. The zero-order chi connectivity index (χ0) is 13.6. The number of hydrogen-bond acceptors (Lipinski definition) is 2. The summed E-state index contributed by atoms with van der Waals surface area (Å²) in [6.45, 7) is 4.69. The predicted octanol–water partition coefficient (Wildman–Crippen LogP) is 3.86. The number of benzene rings is 2. The Bertz CT molecular complexity index is 530. The minimum Gasteiger partial charge on any atom is -0.383 e. The Kier molecular flexibility index (Phi) is 4.34. The average Bonchev–Trinajstić information content (AvgIpc) is 3.02. The number of anilines is 1. The highest BCUT2D eigenvalue weighted by molar-refractivity contribution is 5.77. The quantitative estimate of drug-likeness (QED) is 0.884. The van der Waals surface area contributed by atoms with Crippen molar-refractivity contribution in [3.63, 3.8) is 0 Å². The third-order valence-electron chi connectivity index (χ3n) is 3.95. The smallest absolute Gasteiger partial charge is 0.0420 e. The second kappa shape index (κ2) is 6.58. The van der Waals surface area contributed by atoms with Crippen LogP contribution in [0.25, 0.3) is 11.1 Å². The molecule has 2 heteroatoms. The number of likely N-dealkylation sites (tertiary alicyclic amines) is 1. The number of rotatable bonds is 5. The highest BCUT2D eigenvalue weighted by Crippen LogP contribution is 2.27. The normalized spacial score (nSPS) is 15.4. The van der Waals surface area contributed by atoms with Crippen molar-refractivity contribution in [3.8, 4) is 11.1 Å². The molecular formula is C18H22N2. The molecule has 1 aliphatic rings. The highest BCUT2D eigenvalue weighted by atomic mass is 15.1. The number of nitrogens with zero attached hydrogens (tertiary/aromatic N) is 1. The molecule has 1 fully saturated rings. The lowest BCUT2D eigenvalue weighted by Crippen LogP contribution is -2.26. The number of nitrogens with one attached hydrogen (secondary N) is 1. The van der Waals surface area contributed by atoms with E-state index in [0.29, 0.717) is 0 Å². The van der Waals surface area contributed by atoms with Gasteiger partial charge in [0.1, 0.15) is 0 Å². The Hall–Kier alpha value is -1.80. The minimum atomic E-state index is 1.02. The Morgan fingerprint density at radius 3 is 2.35 bits per heavy atom. The summed E-state index contributed by atoms with van der Waals surface area (Å²) in [5.74, 6) is 0. The van der Waals surface area contributed by atoms with Gasteiger partial charge in [-0.25, -0.2) is 0 Å². The Morgan fingerprint density at radius 1 is 0.850 bits per heavy atom. The molecule has 1 heterocycles. The van der Waals surface area contributed by atoms with Crippen LogP contribution in [0.2, 0.25) is 0 Å². The lowest BCUT2D eigenvalue weighted by molar-refractivity contribution is 0.353. The van der Waals surface area contributed by atoms with Crippen LogP contribution in [0.5, 0.6) is 0 Å². The van der Waals surface area contributed by atoms with Crippen LogP contribution in [0.15, 0.2) is 54.6 Å². The van der Waals surface area contributed by atoms with Crippen molar-refractivity contribution < 1.29 is 0 Å². The predicted molar refractivity (Wildman–Crippen MR) is 86.0 cm³/mol. The van der Waals surface area contributed by atoms with Gasteiger partial charge < -0.3 is 10.2 Å². The molecule has 0 aliphatic carbocycles. The van der Waals surface area contributed by atoms with E-state index in [9.17, 15) is 0 Å². The molecule has 3 rings (SSSR count). The summed E-state index contributed by atoms with van der Waals surface area (Å²) in [5, 5.41) is 3.60. The van der Waals surface area contributed by atoms with Crippen molar-refractivity contribution in [2.24, 2.45) is 0 Å². The van der Waals surface area contributed by atoms with E-state index in [1.165, 1.54) is 42.7 Å². The maximum Gasteiger partial charge on any atom is 0.0420 e. The van der Waals surface area contributed by atoms with Crippen molar-refractivity contribution in [1.82, 2.24) is 4.90 Å². The van der Waals surface area contributed by atoms with Crippen LogP contribution >= 0.6 is 0 Å². The molecule has 0 unspecified atom stereocenters. The summed E-state index contributed by atoms with van der Waals surface area (Å²) in [4.78, 5) is 2.54. The summed E-state index contributed by atoms with van der Waals surface area (Å²) in [6.07, 6.45) is 2.72. The van der Waals surface area contributed by atoms with E-state index in [2.05, 4.69) is 64.8 Å². The standard InChI is InChI=1S/C18H22N2/c1-2-8-16(9-3-1)17-10-4-5-11-18(17)19-12-15-20-13-6-7-14-20/h1-5,8-11,19H,6-7,12-15H2. The van der Waals surface area contributed by atoms with Crippen molar-refractivity contribution in [2.45, 2.75) is 12.8 Å². The summed E-state index contributed by atoms with van der Waals surface area (Å²) < 4.78 is 0. The first-order chi connectivity index (χ1) is 9.93. The molecule has 2 nitrogen and oxygen atoms in total. The SMILES string of the molecule is c1ccc(-c2ccccc2NCCN2CCCC2)cc1. The second-order valence-corrected chi connectivity index (χ2v) is 5.39. The minimum absolute atomic E-state index is 1.02. The van der Waals surface area contributed by atoms with Gasteiger partial charge in [-0.2, -0.15) is 0 Å². The van der Waals surface area contributed by atoms with E-state index >= 15 is 0 Å². The molecule has 104 valence electrons. The summed E-state index contributed by atoms with van der Waals surface area (Å²) in [5.41, 5.74) is 3.80. The van der Waals surface area contributed by atoms with E-state index in [1.54, 1.807) is 0 Å². The lowest BCUT2D eigenvalue weighted by Gasteiger charge is -2.17. The van der Waals surface area contributed by atoms with Crippen molar-refractivity contribution >= 4 is 5.69 Å². The molecule has 0 atom stereocenters. The first kappa shape index (κ1) is 13.2. The van der Waals surface area contributed by atoms with Gasteiger partial charge in [-0.05, 0) is 37.6 Å². The van der Waals surface area contributed by atoms with Crippen LogP contribution in [0.3, 0.4) is 0 Å². The van der Waals surface area contributed by atoms with Crippen molar-refractivity contribution in [1.29, 1.82) is 0 Å². The molecular weight excluding hydrogens is 244 g/mol. The molecule has 0 spiro atoms. The molecule has 1 saturated heterocycles. The van der Waals surface area contributed by atoms with Crippen LogP contribution in [0, 0.1) is 0 Å². The van der Waals surface area contributed by atoms with E-state index in [4.69, 9.17) is 0 Å². The molecule has 2 aromatic carbocycles. The van der Waals surface area contributed by atoms with Gasteiger partial charge in [0, 0.05) is 24.3 Å². The van der Waals surface area contributed by atoms with Gasteiger partial charge in [0.25, 0.3) is 0 Å². The Labute approximate surface area is 121 Å². The summed E-state index contributed by atoms with van der Waals surface area (Å²) in [7, 11) is 0. The first-order valence-electron chi connectivity index (χ1n) is 7.54. The van der Waals surface area contributed by atoms with E-state index in [1.807, 2.05) is 0 Å². The second-order valence-electron chi connectivity index (χ2n) is 5.39. The number of para-hydroxylation sites is 1. The van der Waals surface area contributed by atoms with Crippen molar-refractivity contribution in [2.75, 3.05) is 31.5 Å². The zero-order valence-electron chi connectivity index (χ0n) is 11.9. The molecule has 0 saturated carbocycles. The molecule has 20 heavy (non-hydrogen) atoms. The monoisotopic (exact) mass is 266 g/mol. The Balaban J connectivity index is 1.67. The highest BCUT2D eigenvalue weighted by Gasteiger charge is 2.10. The van der Waals surface area contributed by atoms with Crippen LogP contribution in [0.1, 0.15) is 12.8 Å². The molecule has 1 aliphatic heterocycles. The van der Waals surface area contributed by atoms with Gasteiger partial charge in [0.2, 0.25) is 0 Å². The third-order valence-corrected chi connectivity index (χ3v) is 3.95. The third kappa shape index (κ3) is 3.20. The zero-order valence-corrected chi connectivity index (χ0v) is 11.9. The fraction of sp³-hybridized carbons (Fsp3) is 0.333. The fourth-order valence-corrected chi connectivity index (χ4v) is 2.86. The molecule has 0 radical (unpaired) electrons. The molecule has 2 aromatic rings. The van der Waals surface area contributed by atoms with Gasteiger partial charge >= 0.3 is 0 Å². The van der Waals surface area contributed by atoms with Crippen molar-refractivity contribution in [3.05, 3.63) is 54.6 Å². The maximum atomic E-state index is 3.60. The van der Waals surface area contributed by atoms with Crippen LogP contribution in [-0.2, 0) is 0 Å². The summed E-state index contributed by atoms with van der Waals surface area (Å²) >= 11 is 0. The van der Waals surface area contributed by atoms with Gasteiger partial charge in [0.15, 0.2) is 0 Å². The van der Waals surface area contributed by atoms with E-state index in [-0.39, 0.29) is 0 Å². The van der Waals surface area contributed by atoms with Gasteiger partial charge in [-0.1, -0.05) is 48.5 Å².